The maximum absolute atomic E-state index is 12.3. The van der Waals surface area contributed by atoms with Crippen molar-refractivity contribution in [3.05, 3.63) is 32.8 Å². The van der Waals surface area contributed by atoms with Gasteiger partial charge in [-0.2, -0.15) is 0 Å². The lowest BCUT2D eigenvalue weighted by molar-refractivity contribution is -0.383. The molecule has 0 aromatic heterocycles. The largest absolute Gasteiger partial charge is 0.392 e. The standard InChI is InChI=1S/C13H16ClN3O3/c1-8-2-4-16(5-3-8)13(18)9-6-10(14)12(15)11(7-9)17(19)20/h6-8H,2-5,15H2,1H3. The van der Waals surface area contributed by atoms with Crippen molar-refractivity contribution >= 4 is 28.9 Å². The Morgan fingerprint density at radius 1 is 1.45 bits per heavy atom. The molecule has 6 nitrogen and oxygen atoms in total. The molecule has 0 saturated carbocycles. The number of amides is 1. The molecule has 1 saturated heterocycles. The highest BCUT2D eigenvalue weighted by Gasteiger charge is 2.25. The van der Waals surface area contributed by atoms with Crippen molar-refractivity contribution in [3.8, 4) is 0 Å². The van der Waals surface area contributed by atoms with Crippen molar-refractivity contribution in [1.29, 1.82) is 0 Å². The predicted octanol–water partition coefficient (Wildman–Crippen LogP) is 2.70. The molecule has 1 heterocycles. The van der Waals surface area contributed by atoms with Gasteiger partial charge >= 0.3 is 0 Å². The smallest absolute Gasteiger partial charge is 0.294 e. The molecule has 0 bridgehead atoms. The van der Waals surface area contributed by atoms with Gasteiger partial charge in [-0.15, -0.1) is 0 Å². The molecule has 1 aromatic carbocycles. The third kappa shape index (κ3) is 2.85. The number of piperidine rings is 1. The van der Waals surface area contributed by atoms with Crippen LogP contribution in [0.2, 0.25) is 5.02 Å². The number of halogens is 1. The van der Waals surface area contributed by atoms with Crippen LogP contribution in [0.1, 0.15) is 30.1 Å². The lowest BCUT2D eigenvalue weighted by Gasteiger charge is -2.30. The van der Waals surface area contributed by atoms with E-state index in [1.165, 1.54) is 12.1 Å². The fraction of sp³-hybridized carbons (Fsp3) is 0.462. The summed E-state index contributed by atoms with van der Waals surface area (Å²) in [6.45, 7) is 3.47. The van der Waals surface area contributed by atoms with Gasteiger partial charge < -0.3 is 10.6 Å². The molecule has 108 valence electrons. The van der Waals surface area contributed by atoms with Gasteiger partial charge in [-0.1, -0.05) is 18.5 Å². The monoisotopic (exact) mass is 297 g/mol. The van der Waals surface area contributed by atoms with Gasteiger partial charge in [0, 0.05) is 24.7 Å². The van der Waals surface area contributed by atoms with Gasteiger partial charge in [-0.25, -0.2) is 0 Å². The number of anilines is 1. The lowest BCUT2D eigenvalue weighted by Crippen LogP contribution is -2.37. The Morgan fingerprint density at radius 3 is 2.60 bits per heavy atom. The van der Waals surface area contributed by atoms with Crippen LogP contribution in [0.5, 0.6) is 0 Å². The van der Waals surface area contributed by atoms with Gasteiger partial charge in [0.2, 0.25) is 0 Å². The van der Waals surface area contributed by atoms with Crippen LogP contribution < -0.4 is 5.73 Å². The van der Waals surface area contributed by atoms with E-state index in [0.717, 1.165) is 12.8 Å². The minimum Gasteiger partial charge on any atom is -0.392 e. The third-order valence-corrected chi connectivity index (χ3v) is 3.93. The molecule has 0 spiro atoms. The Kier molecular flexibility index (Phi) is 4.13. The number of nitrogens with zero attached hydrogens (tertiary/aromatic N) is 2. The summed E-state index contributed by atoms with van der Waals surface area (Å²) in [5.41, 5.74) is 5.33. The van der Waals surface area contributed by atoms with E-state index in [2.05, 4.69) is 6.92 Å². The van der Waals surface area contributed by atoms with E-state index in [-0.39, 0.29) is 27.9 Å². The average molecular weight is 298 g/mol. The Balaban J connectivity index is 2.28. The number of carbonyl (C=O) groups is 1. The van der Waals surface area contributed by atoms with Gasteiger partial charge in [-0.05, 0) is 24.8 Å². The minimum atomic E-state index is -0.629. The zero-order valence-electron chi connectivity index (χ0n) is 11.1. The fourth-order valence-corrected chi connectivity index (χ4v) is 2.49. The molecule has 2 rings (SSSR count). The highest BCUT2D eigenvalue weighted by Crippen LogP contribution is 2.31. The van der Waals surface area contributed by atoms with Crippen molar-refractivity contribution in [2.24, 2.45) is 5.92 Å². The summed E-state index contributed by atoms with van der Waals surface area (Å²) in [6, 6.07) is 2.59. The second-order valence-corrected chi connectivity index (χ2v) is 5.53. The van der Waals surface area contributed by atoms with Crippen LogP contribution in [0.4, 0.5) is 11.4 Å². The van der Waals surface area contributed by atoms with E-state index in [0.29, 0.717) is 19.0 Å². The Morgan fingerprint density at radius 2 is 2.05 bits per heavy atom. The molecule has 0 aliphatic carbocycles. The van der Waals surface area contributed by atoms with Crippen LogP contribution in [-0.4, -0.2) is 28.8 Å². The molecule has 1 amide bonds. The molecule has 0 radical (unpaired) electrons. The van der Waals surface area contributed by atoms with Crippen LogP contribution in [0.15, 0.2) is 12.1 Å². The Bertz CT molecular complexity index is 554. The van der Waals surface area contributed by atoms with Crippen LogP contribution in [-0.2, 0) is 0 Å². The molecule has 7 heteroatoms. The van der Waals surface area contributed by atoms with Gasteiger partial charge in [0.25, 0.3) is 11.6 Å². The van der Waals surface area contributed by atoms with Gasteiger partial charge in [0.05, 0.1) is 9.95 Å². The molecule has 1 aromatic rings. The van der Waals surface area contributed by atoms with Gasteiger partial charge in [0.1, 0.15) is 5.69 Å². The average Bonchev–Trinajstić information content (AvgIpc) is 2.41. The molecular weight excluding hydrogens is 282 g/mol. The zero-order valence-corrected chi connectivity index (χ0v) is 11.9. The van der Waals surface area contributed by atoms with E-state index in [1.807, 2.05) is 0 Å². The summed E-state index contributed by atoms with van der Waals surface area (Å²) in [6.07, 6.45) is 1.88. The summed E-state index contributed by atoms with van der Waals surface area (Å²) >= 11 is 5.87. The molecule has 2 N–H and O–H groups in total. The number of nitrogens with two attached hydrogens (primary N) is 1. The number of nitrogen functional groups attached to an aromatic ring is 1. The summed E-state index contributed by atoms with van der Waals surface area (Å²) < 4.78 is 0. The van der Waals surface area contributed by atoms with Crippen molar-refractivity contribution in [3.63, 3.8) is 0 Å². The van der Waals surface area contributed by atoms with Crippen molar-refractivity contribution in [1.82, 2.24) is 4.90 Å². The van der Waals surface area contributed by atoms with Crippen LogP contribution in [0.3, 0.4) is 0 Å². The second kappa shape index (κ2) is 5.66. The van der Waals surface area contributed by atoms with Crippen LogP contribution >= 0.6 is 11.6 Å². The lowest BCUT2D eigenvalue weighted by atomic mass is 9.98. The van der Waals surface area contributed by atoms with E-state index in [9.17, 15) is 14.9 Å². The number of hydrogen-bond donors (Lipinski definition) is 1. The molecular formula is C13H16ClN3O3. The quantitative estimate of drug-likeness (QED) is 0.516. The molecule has 1 aliphatic rings. The fourth-order valence-electron chi connectivity index (χ4n) is 2.27. The number of likely N-dealkylation sites (tertiary alicyclic amines) is 1. The Hall–Kier alpha value is -1.82. The SMILES string of the molecule is CC1CCN(C(=O)c2cc(Cl)c(N)c([N+](=O)[O-])c2)CC1. The summed E-state index contributed by atoms with van der Waals surface area (Å²) in [7, 11) is 0. The minimum absolute atomic E-state index is 0.0351. The number of nitro groups is 1. The highest BCUT2D eigenvalue weighted by molar-refractivity contribution is 6.34. The molecule has 0 unspecified atom stereocenters. The zero-order chi connectivity index (χ0) is 14.9. The van der Waals surface area contributed by atoms with Gasteiger partial charge in [0.15, 0.2) is 0 Å². The topological polar surface area (TPSA) is 89.5 Å². The van der Waals surface area contributed by atoms with Gasteiger partial charge in [-0.3, -0.25) is 14.9 Å². The predicted molar refractivity (Wildman–Crippen MR) is 76.8 cm³/mol. The van der Waals surface area contributed by atoms with E-state index in [1.54, 1.807) is 4.90 Å². The van der Waals surface area contributed by atoms with Crippen molar-refractivity contribution < 1.29 is 9.72 Å². The molecule has 1 fully saturated rings. The van der Waals surface area contributed by atoms with Crippen LogP contribution in [0, 0.1) is 16.0 Å². The van der Waals surface area contributed by atoms with Crippen molar-refractivity contribution in [2.45, 2.75) is 19.8 Å². The molecule has 1 aliphatic heterocycles. The first kappa shape index (κ1) is 14.6. The second-order valence-electron chi connectivity index (χ2n) is 5.12. The van der Waals surface area contributed by atoms with E-state index < -0.39 is 4.92 Å². The summed E-state index contributed by atoms with van der Waals surface area (Å²) in [5, 5.41) is 10.9. The number of benzene rings is 1. The van der Waals surface area contributed by atoms with E-state index in [4.69, 9.17) is 17.3 Å². The first-order valence-corrected chi connectivity index (χ1v) is 6.80. The first-order valence-electron chi connectivity index (χ1n) is 6.43. The Labute approximate surface area is 121 Å². The number of carbonyl (C=O) groups excluding carboxylic acids is 1. The number of nitro benzene ring substituents is 1. The maximum atomic E-state index is 12.3. The third-order valence-electron chi connectivity index (χ3n) is 3.62. The molecule has 0 atom stereocenters. The molecule has 20 heavy (non-hydrogen) atoms. The number of rotatable bonds is 2. The summed E-state index contributed by atoms with van der Waals surface area (Å²) in [4.78, 5) is 24.3. The summed E-state index contributed by atoms with van der Waals surface area (Å²) in [5.74, 6) is 0.366. The highest BCUT2D eigenvalue weighted by atomic mass is 35.5. The van der Waals surface area contributed by atoms with E-state index >= 15 is 0 Å². The first-order chi connectivity index (χ1) is 9.40. The van der Waals surface area contributed by atoms with Crippen LogP contribution in [0.25, 0.3) is 0 Å². The maximum Gasteiger partial charge on any atom is 0.294 e. The normalized spacial score (nSPS) is 16.2. The van der Waals surface area contributed by atoms with Crippen molar-refractivity contribution in [2.75, 3.05) is 18.8 Å². The number of hydrogen-bond acceptors (Lipinski definition) is 4.